The van der Waals surface area contributed by atoms with Gasteiger partial charge in [-0.1, -0.05) is 13.8 Å². The van der Waals surface area contributed by atoms with Gasteiger partial charge in [0, 0.05) is 5.75 Å². The minimum atomic E-state index is -0.526. The third-order valence-corrected chi connectivity index (χ3v) is 2.68. The molecule has 0 fully saturated rings. The Balaban J connectivity index is 3.70. The van der Waals surface area contributed by atoms with Crippen molar-refractivity contribution in [2.45, 2.75) is 32.1 Å². The molecule has 3 N–H and O–H groups in total. The standard InChI is InChI=1S/C9H18N2O2S/c1-6(2)14-5-8(10)9(13)11-4-7(3)12/h6,8H,4-5,10H2,1-3H3,(H,11,13)/t8-/m1/s1. The van der Waals surface area contributed by atoms with Gasteiger partial charge in [0.2, 0.25) is 5.91 Å². The van der Waals surface area contributed by atoms with Crippen LogP contribution in [-0.2, 0) is 9.59 Å². The number of thioether (sulfide) groups is 1. The zero-order valence-corrected chi connectivity index (χ0v) is 9.69. The van der Waals surface area contributed by atoms with Crippen LogP contribution in [0, 0.1) is 0 Å². The maximum Gasteiger partial charge on any atom is 0.238 e. The monoisotopic (exact) mass is 218 g/mol. The summed E-state index contributed by atoms with van der Waals surface area (Å²) < 4.78 is 0. The predicted molar refractivity (Wildman–Crippen MR) is 59.3 cm³/mol. The Bertz CT molecular complexity index is 207. The third-order valence-electron chi connectivity index (χ3n) is 1.46. The van der Waals surface area contributed by atoms with Crippen molar-refractivity contribution in [2.75, 3.05) is 12.3 Å². The maximum absolute atomic E-state index is 11.3. The maximum atomic E-state index is 11.3. The molecule has 0 radical (unpaired) electrons. The number of carbonyl (C=O) groups is 2. The van der Waals surface area contributed by atoms with Crippen LogP contribution in [-0.4, -0.2) is 35.3 Å². The van der Waals surface area contributed by atoms with Gasteiger partial charge < -0.3 is 11.1 Å². The van der Waals surface area contributed by atoms with Gasteiger partial charge in [0.15, 0.2) is 0 Å². The molecule has 82 valence electrons. The van der Waals surface area contributed by atoms with Crippen molar-refractivity contribution >= 4 is 23.5 Å². The zero-order valence-electron chi connectivity index (χ0n) is 8.87. The number of nitrogens with two attached hydrogens (primary N) is 1. The van der Waals surface area contributed by atoms with Crippen LogP contribution in [0.25, 0.3) is 0 Å². The van der Waals surface area contributed by atoms with Gasteiger partial charge >= 0.3 is 0 Å². The van der Waals surface area contributed by atoms with E-state index in [-0.39, 0.29) is 18.2 Å². The van der Waals surface area contributed by atoms with E-state index in [1.54, 1.807) is 11.8 Å². The Hall–Kier alpha value is -0.550. The summed E-state index contributed by atoms with van der Waals surface area (Å²) in [6, 6.07) is -0.526. The summed E-state index contributed by atoms with van der Waals surface area (Å²) in [4.78, 5) is 21.8. The van der Waals surface area contributed by atoms with Crippen LogP contribution in [0.5, 0.6) is 0 Å². The van der Waals surface area contributed by atoms with E-state index < -0.39 is 6.04 Å². The molecular weight excluding hydrogens is 200 g/mol. The van der Waals surface area contributed by atoms with Crippen LogP contribution in [0.1, 0.15) is 20.8 Å². The second-order valence-electron chi connectivity index (χ2n) is 3.41. The summed E-state index contributed by atoms with van der Waals surface area (Å²) in [6.07, 6.45) is 0. The van der Waals surface area contributed by atoms with E-state index in [4.69, 9.17) is 5.73 Å². The molecule has 0 aromatic rings. The van der Waals surface area contributed by atoms with Crippen molar-refractivity contribution in [3.63, 3.8) is 0 Å². The molecule has 0 aliphatic rings. The molecule has 0 aliphatic heterocycles. The Morgan fingerprint density at radius 3 is 2.43 bits per heavy atom. The number of Topliss-reactive ketones (excluding diaryl/α,β-unsaturated/α-hetero) is 1. The van der Waals surface area contributed by atoms with Crippen LogP contribution in [0.3, 0.4) is 0 Å². The lowest BCUT2D eigenvalue weighted by atomic mass is 10.3. The fraction of sp³-hybridized carbons (Fsp3) is 0.778. The van der Waals surface area contributed by atoms with E-state index >= 15 is 0 Å². The van der Waals surface area contributed by atoms with E-state index in [9.17, 15) is 9.59 Å². The van der Waals surface area contributed by atoms with Crippen molar-refractivity contribution in [2.24, 2.45) is 5.73 Å². The number of hydrogen-bond acceptors (Lipinski definition) is 4. The number of ketones is 1. The highest BCUT2D eigenvalue weighted by Crippen LogP contribution is 2.09. The molecule has 0 rings (SSSR count). The molecule has 0 saturated carbocycles. The van der Waals surface area contributed by atoms with Gasteiger partial charge in [-0.2, -0.15) is 11.8 Å². The average Bonchev–Trinajstić information content (AvgIpc) is 2.09. The van der Waals surface area contributed by atoms with Crippen molar-refractivity contribution in [1.82, 2.24) is 5.32 Å². The van der Waals surface area contributed by atoms with E-state index in [0.29, 0.717) is 11.0 Å². The van der Waals surface area contributed by atoms with E-state index in [2.05, 4.69) is 5.32 Å². The van der Waals surface area contributed by atoms with Crippen molar-refractivity contribution in [1.29, 1.82) is 0 Å². The van der Waals surface area contributed by atoms with Gasteiger partial charge in [0.1, 0.15) is 5.78 Å². The molecule has 4 nitrogen and oxygen atoms in total. The van der Waals surface area contributed by atoms with Gasteiger partial charge in [0.05, 0.1) is 12.6 Å². The Labute approximate surface area is 89.0 Å². The summed E-state index contributed by atoms with van der Waals surface area (Å²) in [5.41, 5.74) is 5.61. The largest absolute Gasteiger partial charge is 0.348 e. The second kappa shape index (κ2) is 6.84. The fourth-order valence-electron chi connectivity index (χ4n) is 0.714. The first-order valence-electron chi connectivity index (χ1n) is 4.57. The third kappa shape index (κ3) is 6.91. The van der Waals surface area contributed by atoms with Gasteiger partial charge in [-0.15, -0.1) is 0 Å². The van der Waals surface area contributed by atoms with Crippen LogP contribution >= 0.6 is 11.8 Å². The first-order valence-corrected chi connectivity index (χ1v) is 5.62. The molecule has 1 amide bonds. The van der Waals surface area contributed by atoms with Gasteiger partial charge in [-0.25, -0.2) is 0 Å². The van der Waals surface area contributed by atoms with Gasteiger partial charge in [-0.3, -0.25) is 9.59 Å². The smallest absolute Gasteiger partial charge is 0.238 e. The van der Waals surface area contributed by atoms with E-state index in [1.807, 2.05) is 13.8 Å². The molecule has 5 heteroatoms. The molecule has 0 aromatic carbocycles. The minimum Gasteiger partial charge on any atom is -0.348 e. The van der Waals surface area contributed by atoms with Crippen molar-refractivity contribution in [3.8, 4) is 0 Å². The van der Waals surface area contributed by atoms with Crippen LogP contribution in [0.4, 0.5) is 0 Å². The minimum absolute atomic E-state index is 0.0675. The number of carbonyl (C=O) groups excluding carboxylic acids is 2. The van der Waals surface area contributed by atoms with Gasteiger partial charge in [0.25, 0.3) is 0 Å². The Kier molecular flexibility index (Phi) is 6.57. The number of rotatable bonds is 6. The lowest BCUT2D eigenvalue weighted by Gasteiger charge is -2.12. The average molecular weight is 218 g/mol. The highest BCUT2D eigenvalue weighted by atomic mass is 32.2. The zero-order chi connectivity index (χ0) is 11.1. The number of hydrogen-bond donors (Lipinski definition) is 2. The summed E-state index contributed by atoms with van der Waals surface area (Å²) >= 11 is 1.63. The Morgan fingerprint density at radius 2 is 2.00 bits per heavy atom. The lowest BCUT2D eigenvalue weighted by molar-refractivity contribution is -0.125. The van der Waals surface area contributed by atoms with E-state index in [1.165, 1.54) is 6.92 Å². The highest BCUT2D eigenvalue weighted by molar-refractivity contribution is 7.99. The highest BCUT2D eigenvalue weighted by Gasteiger charge is 2.13. The van der Waals surface area contributed by atoms with Crippen LogP contribution in [0.2, 0.25) is 0 Å². The Morgan fingerprint density at radius 1 is 1.43 bits per heavy atom. The SMILES string of the molecule is CC(=O)CNC(=O)[C@H](N)CSC(C)C. The summed E-state index contributed by atoms with van der Waals surface area (Å²) in [5.74, 6) is 0.261. The summed E-state index contributed by atoms with van der Waals surface area (Å²) in [5, 5.41) is 2.94. The molecule has 0 unspecified atom stereocenters. The summed E-state index contributed by atoms with van der Waals surface area (Å²) in [7, 11) is 0. The second-order valence-corrected chi connectivity index (χ2v) is 5.02. The molecule has 0 saturated heterocycles. The fourth-order valence-corrected chi connectivity index (χ4v) is 1.46. The van der Waals surface area contributed by atoms with Gasteiger partial charge in [-0.05, 0) is 12.2 Å². The quantitative estimate of drug-likeness (QED) is 0.666. The first-order chi connectivity index (χ1) is 6.43. The predicted octanol–water partition coefficient (Wildman–Crippen LogP) is 0.161. The molecular formula is C9H18N2O2S. The lowest BCUT2D eigenvalue weighted by Crippen LogP contribution is -2.43. The van der Waals surface area contributed by atoms with Crippen molar-refractivity contribution in [3.05, 3.63) is 0 Å². The molecule has 14 heavy (non-hydrogen) atoms. The van der Waals surface area contributed by atoms with Crippen molar-refractivity contribution < 1.29 is 9.59 Å². The molecule has 0 spiro atoms. The number of amides is 1. The molecule has 0 aliphatic carbocycles. The molecule has 0 aromatic heterocycles. The summed E-state index contributed by atoms with van der Waals surface area (Å²) in [6.45, 7) is 5.59. The topological polar surface area (TPSA) is 72.2 Å². The normalized spacial score (nSPS) is 12.6. The van der Waals surface area contributed by atoms with Crippen LogP contribution in [0.15, 0.2) is 0 Å². The molecule has 1 atom stereocenters. The molecule has 0 bridgehead atoms. The van der Waals surface area contributed by atoms with Crippen LogP contribution < -0.4 is 11.1 Å². The first kappa shape index (κ1) is 13.4. The van der Waals surface area contributed by atoms with E-state index in [0.717, 1.165) is 0 Å². The number of nitrogens with one attached hydrogen (secondary N) is 1. The molecule has 0 heterocycles.